The third-order valence-electron chi connectivity index (χ3n) is 3.58. The number of rotatable bonds is 9. The van der Waals surface area contributed by atoms with Crippen LogP contribution >= 0.6 is 0 Å². The number of allylic oxidation sites excluding steroid dienone is 1. The summed E-state index contributed by atoms with van der Waals surface area (Å²) in [5, 5.41) is 26.6. The van der Waals surface area contributed by atoms with Crippen LogP contribution in [0.1, 0.15) is 93.4 Å². The van der Waals surface area contributed by atoms with Crippen molar-refractivity contribution in [3.8, 4) is 0 Å². The molecule has 0 aromatic rings. The van der Waals surface area contributed by atoms with Crippen LogP contribution in [0.2, 0.25) is 0 Å². The Morgan fingerprint density at radius 2 is 1.39 bits per heavy atom. The van der Waals surface area contributed by atoms with Crippen molar-refractivity contribution in [3.05, 3.63) is 12.2 Å². The van der Waals surface area contributed by atoms with Gasteiger partial charge >= 0.3 is 0 Å². The van der Waals surface area contributed by atoms with Crippen molar-refractivity contribution in [2.75, 3.05) is 0 Å². The lowest BCUT2D eigenvalue weighted by molar-refractivity contribution is 0.105. The van der Waals surface area contributed by atoms with Gasteiger partial charge in [-0.25, -0.2) is 0 Å². The maximum Gasteiger partial charge on any atom is 0.0692 e. The topological polar surface area (TPSA) is 60.7 Å². The molecule has 0 aromatic carbocycles. The normalized spacial score (nSPS) is 15.7. The first-order valence-electron chi connectivity index (χ1n) is 9.43. The minimum atomic E-state index is -0.282. The van der Waals surface area contributed by atoms with Crippen molar-refractivity contribution < 1.29 is 15.3 Å². The molecule has 0 aromatic heterocycles. The molecule has 0 aliphatic carbocycles. The maximum absolute atomic E-state index is 9.32. The van der Waals surface area contributed by atoms with Crippen LogP contribution in [0.4, 0.5) is 0 Å². The Hall–Kier alpha value is -0.380. The fraction of sp³-hybridized carbons (Fsp3) is 0.900. The summed E-state index contributed by atoms with van der Waals surface area (Å²) >= 11 is 0. The molecule has 0 aliphatic rings. The van der Waals surface area contributed by atoms with Gasteiger partial charge in [-0.15, -0.1) is 0 Å². The van der Waals surface area contributed by atoms with E-state index in [9.17, 15) is 5.11 Å². The fourth-order valence-electron chi connectivity index (χ4n) is 1.82. The Labute approximate surface area is 145 Å². The Morgan fingerprint density at radius 1 is 0.826 bits per heavy atom. The molecule has 0 amide bonds. The Morgan fingerprint density at radius 3 is 1.65 bits per heavy atom. The molecule has 0 radical (unpaired) electrons. The molecule has 0 rings (SSSR count). The zero-order valence-electron chi connectivity index (χ0n) is 16.8. The van der Waals surface area contributed by atoms with Gasteiger partial charge in [-0.3, -0.25) is 0 Å². The Kier molecular flexibility index (Phi) is 25.8. The molecule has 3 nitrogen and oxygen atoms in total. The molecular weight excluding hydrogens is 288 g/mol. The molecule has 0 aliphatic heterocycles. The summed E-state index contributed by atoms with van der Waals surface area (Å²) < 4.78 is 0. The first-order chi connectivity index (χ1) is 10.8. The number of hydrogen-bond acceptors (Lipinski definition) is 3. The molecule has 0 heterocycles. The quantitative estimate of drug-likeness (QED) is 0.407. The molecule has 3 heteroatoms. The van der Waals surface area contributed by atoms with Crippen molar-refractivity contribution in [3.63, 3.8) is 0 Å². The number of aliphatic hydroxyl groups is 3. The largest absolute Gasteiger partial charge is 0.393 e. The lowest BCUT2D eigenvalue weighted by atomic mass is 9.98. The molecule has 142 valence electrons. The molecule has 23 heavy (non-hydrogen) atoms. The third-order valence-corrected chi connectivity index (χ3v) is 3.58. The molecule has 3 N–H and O–H groups in total. The Balaban J connectivity index is -0.000000266. The third kappa shape index (κ3) is 30.1. The van der Waals surface area contributed by atoms with Gasteiger partial charge in [-0.2, -0.15) is 0 Å². The highest BCUT2D eigenvalue weighted by molar-refractivity contribution is 4.81. The highest BCUT2D eigenvalue weighted by Gasteiger charge is 2.09. The smallest absolute Gasteiger partial charge is 0.0692 e. The number of hydrogen-bond donors (Lipinski definition) is 3. The summed E-state index contributed by atoms with van der Waals surface area (Å²) in [5.74, 6) is 0.477. The van der Waals surface area contributed by atoms with Crippen LogP contribution in [0, 0.1) is 5.92 Å². The predicted octanol–water partition coefficient (Wildman–Crippen LogP) is 5.08. The second kappa shape index (κ2) is 21.6. The van der Waals surface area contributed by atoms with Crippen LogP contribution in [0.25, 0.3) is 0 Å². The van der Waals surface area contributed by atoms with E-state index in [0.29, 0.717) is 5.92 Å². The summed E-state index contributed by atoms with van der Waals surface area (Å²) in [4.78, 5) is 0. The number of unbranched alkanes of at least 4 members (excludes halogenated alkanes) is 2. The van der Waals surface area contributed by atoms with Gasteiger partial charge in [0.15, 0.2) is 0 Å². The molecule has 0 saturated heterocycles. The highest BCUT2D eigenvalue weighted by atomic mass is 16.3. The van der Waals surface area contributed by atoms with Crippen molar-refractivity contribution in [1.82, 2.24) is 0 Å². The van der Waals surface area contributed by atoms with Crippen LogP contribution in [0.3, 0.4) is 0 Å². The Bertz CT molecular complexity index is 225. The van der Waals surface area contributed by atoms with Gasteiger partial charge in [0.1, 0.15) is 0 Å². The molecular formula is C20H44O3. The van der Waals surface area contributed by atoms with E-state index in [4.69, 9.17) is 10.2 Å². The second-order valence-electron chi connectivity index (χ2n) is 6.35. The highest BCUT2D eigenvalue weighted by Crippen LogP contribution is 2.11. The summed E-state index contributed by atoms with van der Waals surface area (Å²) in [6.07, 6.45) is 10.9. The van der Waals surface area contributed by atoms with Gasteiger partial charge in [0.25, 0.3) is 0 Å². The maximum atomic E-state index is 9.32. The van der Waals surface area contributed by atoms with Crippen LogP contribution in [0.5, 0.6) is 0 Å². The molecule has 0 fully saturated rings. The van der Waals surface area contributed by atoms with Crippen LogP contribution < -0.4 is 0 Å². The van der Waals surface area contributed by atoms with E-state index in [1.807, 2.05) is 19.9 Å². The SMILES string of the molecule is C/C=C/C(C)O.CCCC(O)C(C)CC.CCCCCC(C)O. The first-order valence-corrected chi connectivity index (χ1v) is 9.43. The van der Waals surface area contributed by atoms with Gasteiger partial charge in [0, 0.05) is 0 Å². The van der Waals surface area contributed by atoms with Gasteiger partial charge < -0.3 is 15.3 Å². The molecule has 4 atom stereocenters. The van der Waals surface area contributed by atoms with E-state index in [-0.39, 0.29) is 18.3 Å². The van der Waals surface area contributed by atoms with Crippen LogP contribution in [-0.4, -0.2) is 33.6 Å². The lowest BCUT2D eigenvalue weighted by Crippen LogP contribution is -2.15. The van der Waals surface area contributed by atoms with Gasteiger partial charge in [-0.05, 0) is 39.5 Å². The van der Waals surface area contributed by atoms with E-state index in [0.717, 1.165) is 25.7 Å². The summed E-state index contributed by atoms with van der Waals surface area (Å²) in [5.41, 5.74) is 0. The fourth-order valence-corrected chi connectivity index (χ4v) is 1.82. The minimum Gasteiger partial charge on any atom is -0.393 e. The van der Waals surface area contributed by atoms with Crippen molar-refractivity contribution in [2.24, 2.45) is 5.92 Å². The summed E-state index contributed by atoms with van der Waals surface area (Å²) in [6.45, 7) is 13.9. The minimum absolute atomic E-state index is 0.0694. The zero-order valence-corrected chi connectivity index (χ0v) is 16.8. The molecule has 0 spiro atoms. The average molecular weight is 333 g/mol. The molecule has 0 saturated carbocycles. The average Bonchev–Trinajstić information content (AvgIpc) is 2.47. The van der Waals surface area contributed by atoms with E-state index < -0.39 is 0 Å². The van der Waals surface area contributed by atoms with Crippen molar-refractivity contribution >= 4 is 0 Å². The van der Waals surface area contributed by atoms with Crippen LogP contribution in [0.15, 0.2) is 12.2 Å². The lowest BCUT2D eigenvalue weighted by Gasteiger charge is -2.15. The van der Waals surface area contributed by atoms with Gasteiger partial charge in [-0.1, -0.05) is 72.0 Å². The molecule has 0 bridgehead atoms. The standard InChI is InChI=1S/C8H18O.C7H16O.C5H10O/c1-4-6-8(9)7(3)5-2;1-3-4-5-6-7(2)8;1-3-4-5(2)6/h7-9H,4-6H2,1-3H3;7-8H,3-6H2,1-2H3;3-6H,1-2H3/b;;4-3+. The van der Waals surface area contributed by atoms with Crippen LogP contribution in [-0.2, 0) is 0 Å². The zero-order chi connectivity index (χ0) is 18.7. The van der Waals surface area contributed by atoms with Gasteiger partial charge in [0.05, 0.1) is 18.3 Å². The van der Waals surface area contributed by atoms with Gasteiger partial charge in [0.2, 0.25) is 0 Å². The van der Waals surface area contributed by atoms with Crippen molar-refractivity contribution in [1.29, 1.82) is 0 Å². The monoisotopic (exact) mass is 332 g/mol. The summed E-state index contributed by atoms with van der Waals surface area (Å²) in [7, 11) is 0. The predicted molar refractivity (Wildman–Crippen MR) is 103 cm³/mol. The van der Waals surface area contributed by atoms with E-state index >= 15 is 0 Å². The van der Waals surface area contributed by atoms with E-state index in [2.05, 4.69) is 27.7 Å². The van der Waals surface area contributed by atoms with Crippen molar-refractivity contribution in [2.45, 2.75) is 112 Å². The number of aliphatic hydroxyl groups excluding tert-OH is 3. The first kappa shape index (κ1) is 27.5. The second-order valence-corrected chi connectivity index (χ2v) is 6.35. The molecule has 4 unspecified atom stereocenters. The summed E-state index contributed by atoms with van der Waals surface area (Å²) in [6, 6.07) is 0. The van der Waals surface area contributed by atoms with E-state index in [1.165, 1.54) is 19.3 Å². The van der Waals surface area contributed by atoms with E-state index in [1.54, 1.807) is 13.0 Å².